The molecule has 0 saturated heterocycles. The minimum absolute atomic E-state index is 0.101. The average molecular weight is 255 g/mol. The Balaban J connectivity index is 3.18. The van der Waals surface area contributed by atoms with Gasteiger partial charge in [0.1, 0.15) is 0 Å². The Morgan fingerprint density at radius 2 is 2.00 bits per heavy atom. The molecule has 1 aromatic rings. The molecule has 18 heavy (non-hydrogen) atoms. The maximum Gasteiger partial charge on any atom is 0.313 e. The molecule has 0 fully saturated rings. The molecule has 0 unspecified atom stereocenters. The van der Waals surface area contributed by atoms with Crippen LogP contribution in [-0.2, 0) is 9.53 Å². The van der Waals surface area contributed by atoms with E-state index in [1.807, 2.05) is 0 Å². The Hall–Kier alpha value is -1.62. The first-order chi connectivity index (χ1) is 8.36. The molecule has 0 aliphatic rings. The van der Waals surface area contributed by atoms with Gasteiger partial charge in [-0.15, -0.1) is 0 Å². The van der Waals surface area contributed by atoms with Gasteiger partial charge in [-0.05, 0) is 19.9 Å². The van der Waals surface area contributed by atoms with Gasteiger partial charge in [0.05, 0.1) is 19.6 Å². The molecule has 1 atom stereocenters. The van der Waals surface area contributed by atoms with Crippen LogP contribution in [0.4, 0.5) is 4.39 Å². The average Bonchev–Trinajstić information content (AvgIpc) is 2.37. The van der Waals surface area contributed by atoms with Crippen LogP contribution in [0.15, 0.2) is 18.2 Å². The molecule has 0 aliphatic carbocycles. The standard InChI is InChI=1S/C13H18FNO3/c1-13(2,12(16)18-4)11(15)8-6-5-7-9(17-3)10(8)14/h5-7,11H,15H2,1-4H3/t11-/m0/s1. The fourth-order valence-electron chi connectivity index (χ4n) is 1.70. The fraction of sp³-hybridized carbons (Fsp3) is 0.462. The van der Waals surface area contributed by atoms with Crippen LogP contribution in [0.1, 0.15) is 25.5 Å². The second-order valence-electron chi connectivity index (χ2n) is 4.55. The molecule has 5 heteroatoms. The highest BCUT2D eigenvalue weighted by atomic mass is 19.1. The number of rotatable bonds is 4. The van der Waals surface area contributed by atoms with E-state index in [2.05, 4.69) is 4.74 Å². The maximum atomic E-state index is 14.1. The van der Waals surface area contributed by atoms with Gasteiger partial charge in [-0.3, -0.25) is 4.79 Å². The molecular formula is C13H18FNO3. The van der Waals surface area contributed by atoms with E-state index in [-0.39, 0.29) is 11.3 Å². The van der Waals surface area contributed by atoms with E-state index < -0.39 is 23.2 Å². The van der Waals surface area contributed by atoms with Crippen molar-refractivity contribution in [3.63, 3.8) is 0 Å². The summed E-state index contributed by atoms with van der Waals surface area (Å²) in [4.78, 5) is 11.7. The second kappa shape index (κ2) is 5.35. The summed E-state index contributed by atoms with van der Waals surface area (Å²) in [6, 6.07) is 3.84. The highest BCUT2D eigenvalue weighted by Gasteiger charge is 2.38. The smallest absolute Gasteiger partial charge is 0.313 e. The zero-order valence-electron chi connectivity index (χ0n) is 11.0. The topological polar surface area (TPSA) is 61.5 Å². The maximum absolute atomic E-state index is 14.1. The molecule has 1 rings (SSSR count). The van der Waals surface area contributed by atoms with Gasteiger partial charge in [-0.1, -0.05) is 12.1 Å². The molecule has 0 spiro atoms. The highest BCUT2D eigenvalue weighted by molar-refractivity contribution is 5.77. The van der Waals surface area contributed by atoms with Crippen molar-refractivity contribution in [3.05, 3.63) is 29.6 Å². The van der Waals surface area contributed by atoms with E-state index in [1.165, 1.54) is 26.4 Å². The van der Waals surface area contributed by atoms with Crippen molar-refractivity contribution in [1.29, 1.82) is 0 Å². The first-order valence-electron chi connectivity index (χ1n) is 5.52. The van der Waals surface area contributed by atoms with Crippen LogP contribution in [0, 0.1) is 11.2 Å². The predicted molar refractivity (Wildman–Crippen MR) is 65.7 cm³/mol. The molecule has 4 nitrogen and oxygen atoms in total. The van der Waals surface area contributed by atoms with Crippen LogP contribution in [-0.4, -0.2) is 20.2 Å². The van der Waals surface area contributed by atoms with Gasteiger partial charge in [0, 0.05) is 11.6 Å². The normalized spacial score (nSPS) is 13.0. The lowest BCUT2D eigenvalue weighted by molar-refractivity contribution is -0.152. The number of ether oxygens (including phenoxy) is 2. The summed E-state index contributed by atoms with van der Waals surface area (Å²) in [5.41, 5.74) is 5.18. The van der Waals surface area contributed by atoms with E-state index in [0.717, 1.165) is 0 Å². The number of halogens is 1. The number of carbonyl (C=O) groups is 1. The Morgan fingerprint density at radius 3 is 2.50 bits per heavy atom. The minimum Gasteiger partial charge on any atom is -0.494 e. The van der Waals surface area contributed by atoms with Crippen LogP contribution < -0.4 is 10.5 Å². The first kappa shape index (κ1) is 14.4. The van der Waals surface area contributed by atoms with Crippen molar-refractivity contribution in [2.24, 2.45) is 11.1 Å². The Kier molecular flexibility index (Phi) is 4.29. The van der Waals surface area contributed by atoms with Gasteiger partial charge in [0.2, 0.25) is 0 Å². The molecule has 2 N–H and O–H groups in total. The van der Waals surface area contributed by atoms with Crippen LogP contribution in [0.25, 0.3) is 0 Å². The van der Waals surface area contributed by atoms with E-state index >= 15 is 0 Å². The van der Waals surface area contributed by atoms with Gasteiger partial charge in [0.25, 0.3) is 0 Å². The molecular weight excluding hydrogens is 237 g/mol. The SMILES string of the molecule is COC(=O)C(C)(C)[C@@H](N)c1cccc(OC)c1F. The summed E-state index contributed by atoms with van der Waals surface area (Å²) < 4.78 is 23.6. The molecule has 0 bridgehead atoms. The Morgan fingerprint density at radius 1 is 1.39 bits per heavy atom. The molecule has 0 aromatic heterocycles. The Bertz CT molecular complexity index is 446. The molecule has 0 heterocycles. The van der Waals surface area contributed by atoms with Crippen molar-refractivity contribution in [3.8, 4) is 5.75 Å². The monoisotopic (exact) mass is 255 g/mol. The number of benzene rings is 1. The van der Waals surface area contributed by atoms with Gasteiger partial charge in [-0.2, -0.15) is 0 Å². The molecule has 1 aromatic carbocycles. The summed E-state index contributed by atoms with van der Waals surface area (Å²) >= 11 is 0. The number of methoxy groups -OCH3 is 2. The lowest BCUT2D eigenvalue weighted by Gasteiger charge is -2.29. The molecule has 0 saturated carbocycles. The molecule has 0 aliphatic heterocycles. The summed E-state index contributed by atoms with van der Waals surface area (Å²) in [7, 11) is 2.65. The third-order valence-electron chi connectivity index (χ3n) is 3.04. The summed E-state index contributed by atoms with van der Waals surface area (Å²) in [5, 5.41) is 0. The third-order valence-corrected chi connectivity index (χ3v) is 3.04. The number of hydrogen-bond donors (Lipinski definition) is 1. The Labute approximate surface area is 106 Å². The van der Waals surface area contributed by atoms with Crippen molar-refractivity contribution >= 4 is 5.97 Å². The van der Waals surface area contributed by atoms with E-state index in [0.29, 0.717) is 0 Å². The first-order valence-corrected chi connectivity index (χ1v) is 5.52. The largest absolute Gasteiger partial charge is 0.494 e. The minimum atomic E-state index is -1.03. The van der Waals surface area contributed by atoms with Crippen LogP contribution in [0.3, 0.4) is 0 Å². The zero-order valence-corrected chi connectivity index (χ0v) is 11.0. The van der Waals surface area contributed by atoms with Gasteiger partial charge >= 0.3 is 5.97 Å². The quantitative estimate of drug-likeness (QED) is 0.836. The van der Waals surface area contributed by atoms with Crippen molar-refractivity contribution < 1.29 is 18.7 Å². The summed E-state index contributed by atoms with van der Waals surface area (Å²) in [5.74, 6) is -0.940. The van der Waals surface area contributed by atoms with Gasteiger partial charge < -0.3 is 15.2 Å². The molecule has 100 valence electrons. The highest BCUT2D eigenvalue weighted by Crippen LogP contribution is 2.35. The summed E-state index contributed by atoms with van der Waals surface area (Å²) in [6.45, 7) is 3.23. The van der Waals surface area contributed by atoms with Crippen LogP contribution in [0.5, 0.6) is 5.75 Å². The van der Waals surface area contributed by atoms with Crippen molar-refractivity contribution in [2.75, 3.05) is 14.2 Å². The van der Waals surface area contributed by atoms with Crippen molar-refractivity contribution in [2.45, 2.75) is 19.9 Å². The van der Waals surface area contributed by atoms with E-state index in [1.54, 1.807) is 19.9 Å². The molecule has 0 amide bonds. The fourth-order valence-corrected chi connectivity index (χ4v) is 1.70. The number of hydrogen-bond acceptors (Lipinski definition) is 4. The number of carbonyl (C=O) groups excluding carboxylic acids is 1. The molecule has 0 radical (unpaired) electrons. The number of nitrogens with two attached hydrogens (primary N) is 1. The second-order valence-corrected chi connectivity index (χ2v) is 4.55. The number of esters is 1. The third kappa shape index (κ3) is 2.46. The van der Waals surface area contributed by atoms with Gasteiger partial charge in [-0.25, -0.2) is 4.39 Å². The van der Waals surface area contributed by atoms with Crippen LogP contribution in [0.2, 0.25) is 0 Å². The zero-order chi connectivity index (χ0) is 13.9. The van der Waals surface area contributed by atoms with Crippen LogP contribution >= 0.6 is 0 Å². The lowest BCUT2D eigenvalue weighted by atomic mass is 9.81. The van der Waals surface area contributed by atoms with Crippen molar-refractivity contribution in [1.82, 2.24) is 0 Å². The summed E-state index contributed by atoms with van der Waals surface area (Å²) in [6.07, 6.45) is 0. The lowest BCUT2D eigenvalue weighted by Crippen LogP contribution is -2.37. The van der Waals surface area contributed by atoms with Gasteiger partial charge in [0.15, 0.2) is 11.6 Å². The van der Waals surface area contributed by atoms with E-state index in [4.69, 9.17) is 10.5 Å². The van der Waals surface area contributed by atoms with E-state index in [9.17, 15) is 9.18 Å². The predicted octanol–water partition coefficient (Wildman–Crippen LogP) is 2.03.